The van der Waals surface area contributed by atoms with Gasteiger partial charge in [0, 0.05) is 24.4 Å². The van der Waals surface area contributed by atoms with Crippen LogP contribution in [-0.2, 0) is 0 Å². The molecule has 1 N–H and O–H groups in total. The van der Waals surface area contributed by atoms with Gasteiger partial charge in [-0.15, -0.1) is 0 Å². The molecular formula is C12H26N2S. The molecule has 1 saturated heterocycles. The fourth-order valence-electron chi connectivity index (χ4n) is 2.51. The molecule has 1 rings (SSSR count). The van der Waals surface area contributed by atoms with Crippen molar-refractivity contribution in [2.45, 2.75) is 39.3 Å². The first-order chi connectivity index (χ1) is 7.20. The van der Waals surface area contributed by atoms with Gasteiger partial charge < -0.3 is 5.32 Å². The van der Waals surface area contributed by atoms with Crippen LogP contribution in [0, 0.1) is 5.92 Å². The minimum atomic E-state index is 0.731. The Morgan fingerprint density at radius 3 is 2.73 bits per heavy atom. The summed E-state index contributed by atoms with van der Waals surface area (Å²) in [6.07, 6.45) is 3.51. The topological polar surface area (TPSA) is 15.3 Å². The number of likely N-dealkylation sites (tertiary alicyclic amines) is 1. The summed E-state index contributed by atoms with van der Waals surface area (Å²) in [5.74, 6) is 2.05. The van der Waals surface area contributed by atoms with Crippen LogP contribution in [0.4, 0.5) is 0 Å². The highest BCUT2D eigenvalue weighted by Crippen LogP contribution is 2.23. The lowest BCUT2D eigenvalue weighted by Crippen LogP contribution is -2.53. The summed E-state index contributed by atoms with van der Waals surface area (Å²) in [6.45, 7) is 10.6. The van der Waals surface area contributed by atoms with Crippen LogP contribution in [-0.4, -0.2) is 48.6 Å². The average molecular weight is 230 g/mol. The van der Waals surface area contributed by atoms with Gasteiger partial charge in [0.1, 0.15) is 0 Å². The van der Waals surface area contributed by atoms with Crippen molar-refractivity contribution in [1.29, 1.82) is 0 Å². The van der Waals surface area contributed by atoms with Crippen molar-refractivity contribution in [2.75, 3.05) is 31.6 Å². The molecule has 0 bridgehead atoms. The molecule has 0 aromatic carbocycles. The zero-order chi connectivity index (χ0) is 11.3. The maximum Gasteiger partial charge on any atom is 0.0120 e. The summed E-state index contributed by atoms with van der Waals surface area (Å²) in [7, 11) is 0. The van der Waals surface area contributed by atoms with Crippen LogP contribution in [0.5, 0.6) is 0 Å². The second-order valence-electron chi connectivity index (χ2n) is 4.58. The van der Waals surface area contributed by atoms with Gasteiger partial charge in [-0.2, -0.15) is 11.8 Å². The highest BCUT2D eigenvalue weighted by Gasteiger charge is 2.31. The number of nitrogens with one attached hydrogen (secondary N) is 1. The number of hydrogen-bond acceptors (Lipinski definition) is 3. The Hall–Kier alpha value is 0.270. The van der Waals surface area contributed by atoms with Crippen LogP contribution >= 0.6 is 11.8 Å². The molecule has 0 saturated carbocycles. The number of piperidine rings is 1. The van der Waals surface area contributed by atoms with E-state index in [9.17, 15) is 0 Å². The van der Waals surface area contributed by atoms with Crippen molar-refractivity contribution < 1.29 is 0 Å². The molecule has 3 atom stereocenters. The lowest BCUT2D eigenvalue weighted by Gasteiger charge is -2.43. The monoisotopic (exact) mass is 230 g/mol. The predicted molar refractivity (Wildman–Crippen MR) is 70.7 cm³/mol. The molecule has 3 heteroatoms. The van der Waals surface area contributed by atoms with Gasteiger partial charge in [0.25, 0.3) is 0 Å². The van der Waals surface area contributed by atoms with Gasteiger partial charge in [-0.3, -0.25) is 4.90 Å². The van der Waals surface area contributed by atoms with Crippen LogP contribution in [0.1, 0.15) is 27.2 Å². The third-order valence-electron chi connectivity index (χ3n) is 3.75. The van der Waals surface area contributed by atoms with Gasteiger partial charge in [0.05, 0.1) is 0 Å². The van der Waals surface area contributed by atoms with Crippen molar-refractivity contribution in [1.82, 2.24) is 10.2 Å². The Kier molecular flexibility index (Phi) is 6.02. The highest BCUT2D eigenvalue weighted by atomic mass is 32.2. The fraction of sp³-hybridized carbons (Fsp3) is 1.00. The minimum absolute atomic E-state index is 0.731. The summed E-state index contributed by atoms with van der Waals surface area (Å²) in [4.78, 5) is 2.65. The van der Waals surface area contributed by atoms with E-state index >= 15 is 0 Å². The van der Waals surface area contributed by atoms with Crippen LogP contribution in [0.3, 0.4) is 0 Å². The van der Waals surface area contributed by atoms with Crippen molar-refractivity contribution in [3.05, 3.63) is 0 Å². The van der Waals surface area contributed by atoms with E-state index in [1.807, 2.05) is 11.8 Å². The molecule has 0 aromatic heterocycles. The summed E-state index contributed by atoms with van der Waals surface area (Å²) >= 11 is 1.95. The maximum atomic E-state index is 3.61. The first kappa shape index (κ1) is 13.3. The summed E-state index contributed by atoms with van der Waals surface area (Å²) in [5.41, 5.74) is 0. The molecule has 0 spiro atoms. The van der Waals surface area contributed by atoms with Crippen LogP contribution < -0.4 is 5.32 Å². The summed E-state index contributed by atoms with van der Waals surface area (Å²) in [6, 6.07) is 1.46. The lowest BCUT2D eigenvalue weighted by molar-refractivity contribution is 0.0919. The van der Waals surface area contributed by atoms with Gasteiger partial charge in [-0.05, 0) is 38.6 Å². The van der Waals surface area contributed by atoms with E-state index in [-0.39, 0.29) is 0 Å². The molecule has 1 heterocycles. The molecular weight excluding hydrogens is 204 g/mol. The van der Waals surface area contributed by atoms with Gasteiger partial charge in [-0.25, -0.2) is 0 Å². The molecule has 1 aliphatic heterocycles. The zero-order valence-corrected chi connectivity index (χ0v) is 11.4. The molecule has 1 aliphatic rings. The lowest BCUT2D eigenvalue weighted by atomic mass is 9.87. The van der Waals surface area contributed by atoms with Crippen LogP contribution in [0.2, 0.25) is 0 Å². The van der Waals surface area contributed by atoms with Gasteiger partial charge in [0.15, 0.2) is 0 Å². The first-order valence-corrected chi connectivity index (χ1v) is 7.56. The van der Waals surface area contributed by atoms with Crippen LogP contribution in [0.15, 0.2) is 0 Å². The molecule has 15 heavy (non-hydrogen) atoms. The maximum absolute atomic E-state index is 3.61. The zero-order valence-electron chi connectivity index (χ0n) is 10.6. The number of nitrogens with zero attached hydrogens (tertiary/aromatic N) is 1. The van der Waals surface area contributed by atoms with E-state index < -0.39 is 0 Å². The second-order valence-corrected chi connectivity index (χ2v) is 5.57. The number of hydrogen-bond donors (Lipinski definition) is 1. The van der Waals surface area contributed by atoms with E-state index in [4.69, 9.17) is 0 Å². The Bertz CT molecular complexity index is 173. The average Bonchev–Trinajstić information content (AvgIpc) is 2.24. The third-order valence-corrected chi connectivity index (χ3v) is 4.34. The predicted octanol–water partition coefficient (Wildman–Crippen LogP) is 2.06. The van der Waals surface area contributed by atoms with Crippen LogP contribution in [0.25, 0.3) is 0 Å². The van der Waals surface area contributed by atoms with E-state index in [1.165, 1.54) is 25.3 Å². The smallest absolute Gasteiger partial charge is 0.0120 e. The van der Waals surface area contributed by atoms with E-state index in [1.54, 1.807) is 0 Å². The van der Waals surface area contributed by atoms with Crippen molar-refractivity contribution in [2.24, 2.45) is 5.92 Å². The Morgan fingerprint density at radius 2 is 2.13 bits per heavy atom. The van der Waals surface area contributed by atoms with Crippen molar-refractivity contribution >= 4 is 11.8 Å². The first-order valence-electron chi connectivity index (χ1n) is 6.17. The van der Waals surface area contributed by atoms with E-state index in [2.05, 4.69) is 37.2 Å². The van der Waals surface area contributed by atoms with Gasteiger partial charge in [-0.1, -0.05) is 13.8 Å². The Balaban J connectivity index is 2.41. The van der Waals surface area contributed by atoms with Crippen molar-refractivity contribution in [3.8, 4) is 0 Å². The largest absolute Gasteiger partial charge is 0.314 e. The quantitative estimate of drug-likeness (QED) is 0.778. The van der Waals surface area contributed by atoms with Gasteiger partial charge in [0.2, 0.25) is 0 Å². The number of rotatable bonds is 5. The minimum Gasteiger partial charge on any atom is -0.314 e. The molecule has 3 unspecified atom stereocenters. The molecule has 0 aliphatic carbocycles. The standard InChI is InChI=1S/C12H26N2S/c1-5-13-12-6-7-14(8-9-15-4)11(3)10(12)2/h10-13H,5-9H2,1-4H3. The normalized spacial score (nSPS) is 33.2. The summed E-state index contributed by atoms with van der Waals surface area (Å²) in [5, 5.41) is 3.61. The third kappa shape index (κ3) is 3.65. The van der Waals surface area contributed by atoms with Crippen molar-refractivity contribution in [3.63, 3.8) is 0 Å². The molecule has 0 radical (unpaired) electrons. The number of thioether (sulfide) groups is 1. The molecule has 0 amide bonds. The SMILES string of the molecule is CCNC1CCN(CCSC)C(C)C1C. The molecule has 2 nitrogen and oxygen atoms in total. The molecule has 90 valence electrons. The molecule has 0 aromatic rings. The highest BCUT2D eigenvalue weighted by molar-refractivity contribution is 7.98. The van der Waals surface area contributed by atoms with E-state index in [0.29, 0.717) is 0 Å². The Morgan fingerprint density at radius 1 is 1.40 bits per heavy atom. The van der Waals surface area contributed by atoms with E-state index in [0.717, 1.165) is 24.5 Å². The fourth-order valence-corrected chi connectivity index (χ4v) is 2.93. The Labute approximate surface area is 99.2 Å². The van der Waals surface area contributed by atoms with Gasteiger partial charge >= 0.3 is 0 Å². The summed E-state index contributed by atoms with van der Waals surface area (Å²) < 4.78 is 0. The molecule has 1 fully saturated rings. The second kappa shape index (κ2) is 6.77.